The molecule has 0 radical (unpaired) electrons. The van der Waals surface area contributed by atoms with Gasteiger partial charge in [-0.3, -0.25) is 4.79 Å². The molecular formula is C13H18ClNO2. The molecule has 0 aliphatic carbocycles. The molecule has 3 nitrogen and oxygen atoms in total. The summed E-state index contributed by atoms with van der Waals surface area (Å²) in [5.74, 6) is -0.714. The lowest BCUT2D eigenvalue weighted by Gasteiger charge is -2.17. The van der Waals surface area contributed by atoms with Crippen molar-refractivity contribution in [2.45, 2.75) is 26.3 Å². The topological polar surface area (TPSA) is 49.3 Å². The van der Waals surface area contributed by atoms with Crippen molar-refractivity contribution in [3.8, 4) is 0 Å². The van der Waals surface area contributed by atoms with Crippen molar-refractivity contribution in [2.24, 2.45) is 5.92 Å². The van der Waals surface area contributed by atoms with Gasteiger partial charge in [-0.2, -0.15) is 0 Å². The number of carbonyl (C=O) groups is 1. The molecule has 2 N–H and O–H groups in total. The van der Waals surface area contributed by atoms with E-state index in [1.165, 1.54) is 0 Å². The third kappa shape index (κ3) is 4.75. The first-order chi connectivity index (χ1) is 8.00. The number of carboxylic acid groups (broad SMARTS) is 1. The van der Waals surface area contributed by atoms with Crippen molar-refractivity contribution >= 4 is 17.6 Å². The molecule has 0 aromatic heterocycles. The van der Waals surface area contributed by atoms with Gasteiger partial charge in [-0.25, -0.2) is 0 Å². The number of hydrogen-bond donors (Lipinski definition) is 2. The van der Waals surface area contributed by atoms with Gasteiger partial charge in [0.25, 0.3) is 0 Å². The fraction of sp³-hybridized carbons (Fsp3) is 0.462. The molecule has 0 heterocycles. The van der Waals surface area contributed by atoms with Crippen molar-refractivity contribution in [3.63, 3.8) is 0 Å². The molecule has 0 spiro atoms. The van der Waals surface area contributed by atoms with Gasteiger partial charge in [0.05, 0.1) is 0 Å². The zero-order valence-electron chi connectivity index (χ0n) is 10.1. The zero-order chi connectivity index (χ0) is 12.8. The van der Waals surface area contributed by atoms with Crippen LogP contribution in [0.25, 0.3) is 0 Å². The highest BCUT2D eigenvalue weighted by Crippen LogP contribution is 2.10. The number of carboxylic acids is 1. The molecule has 0 saturated heterocycles. The Hall–Kier alpha value is -1.06. The number of halogens is 1. The van der Waals surface area contributed by atoms with Crippen LogP contribution < -0.4 is 5.32 Å². The van der Waals surface area contributed by atoms with Gasteiger partial charge in [0.2, 0.25) is 0 Å². The Morgan fingerprint density at radius 3 is 2.41 bits per heavy atom. The highest BCUT2D eigenvalue weighted by atomic mass is 35.5. The first-order valence-electron chi connectivity index (χ1n) is 5.71. The first-order valence-corrected chi connectivity index (χ1v) is 6.09. The van der Waals surface area contributed by atoms with Crippen molar-refractivity contribution in [1.29, 1.82) is 0 Å². The summed E-state index contributed by atoms with van der Waals surface area (Å²) in [6, 6.07) is 7.11. The van der Waals surface area contributed by atoms with E-state index < -0.39 is 12.0 Å². The van der Waals surface area contributed by atoms with E-state index in [1.807, 2.05) is 38.1 Å². The molecule has 0 amide bonds. The lowest BCUT2D eigenvalue weighted by atomic mass is 10.0. The van der Waals surface area contributed by atoms with Gasteiger partial charge >= 0.3 is 5.97 Å². The van der Waals surface area contributed by atoms with Crippen LogP contribution in [-0.2, 0) is 11.2 Å². The minimum Gasteiger partial charge on any atom is -0.480 e. The van der Waals surface area contributed by atoms with E-state index in [4.69, 9.17) is 16.7 Å². The summed E-state index contributed by atoms with van der Waals surface area (Å²) in [4.78, 5) is 10.9. The lowest BCUT2D eigenvalue weighted by molar-refractivity contribution is -0.140. The van der Waals surface area contributed by atoms with Gasteiger partial charge in [0.15, 0.2) is 0 Å². The number of nitrogens with one attached hydrogen (secondary N) is 1. The standard InChI is InChI=1S/C13H18ClNO2/c1-9(2)12(13(16)17)15-8-7-10-3-5-11(14)6-4-10/h3-6,9,12,15H,7-8H2,1-2H3,(H,16,17)/t12-/m1/s1. The Kier molecular flexibility index (Phi) is 5.45. The molecular weight excluding hydrogens is 238 g/mol. The molecule has 0 bridgehead atoms. The average molecular weight is 256 g/mol. The van der Waals surface area contributed by atoms with Crippen LogP contribution in [0.4, 0.5) is 0 Å². The van der Waals surface area contributed by atoms with Crippen molar-refractivity contribution in [1.82, 2.24) is 5.32 Å². The van der Waals surface area contributed by atoms with E-state index in [0.29, 0.717) is 11.6 Å². The van der Waals surface area contributed by atoms with E-state index in [0.717, 1.165) is 12.0 Å². The molecule has 0 saturated carbocycles. The van der Waals surface area contributed by atoms with E-state index in [1.54, 1.807) is 0 Å². The van der Waals surface area contributed by atoms with Gasteiger partial charge in [-0.05, 0) is 36.6 Å². The monoisotopic (exact) mass is 255 g/mol. The quantitative estimate of drug-likeness (QED) is 0.822. The lowest BCUT2D eigenvalue weighted by Crippen LogP contribution is -2.41. The third-order valence-corrected chi connectivity index (χ3v) is 2.88. The molecule has 1 aromatic rings. The van der Waals surface area contributed by atoms with Crippen LogP contribution in [0.15, 0.2) is 24.3 Å². The maximum Gasteiger partial charge on any atom is 0.320 e. The second-order valence-corrected chi connectivity index (χ2v) is 4.83. The van der Waals surface area contributed by atoms with E-state index in [2.05, 4.69) is 5.32 Å². The summed E-state index contributed by atoms with van der Waals surface area (Å²) in [6.45, 7) is 4.44. The van der Waals surface area contributed by atoms with Gasteiger partial charge in [-0.15, -0.1) is 0 Å². The maximum absolute atomic E-state index is 10.9. The molecule has 4 heteroatoms. The first kappa shape index (κ1) is 14.0. The van der Waals surface area contributed by atoms with Crippen LogP contribution in [0.1, 0.15) is 19.4 Å². The Balaban J connectivity index is 2.41. The predicted molar refractivity (Wildman–Crippen MR) is 69.4 cm³/mol. The van der Waals surface area contributed by atoms with Crippen LogP contribution in [0.5, 0.6) is 0 Å². The number of rotatable bonds is 6. The summed E-state index contributed by atoms with van der Waals surface area (Å²) >= 11 is 5.79. The van der Waals surface area contributed by atoms with Crippen molar-refractivity contribution in [2.75, 3.05) is 6.54 Å². The molecule has 0 aliphatic heterocycles. The summed E-state index contributed by atoms with van der Waals surface area (Å²) in [6.07, 6.45) is 0.799. The minimum absolute atomic E-state index is 0.0812. The van der Waals surface area contributed by atoms with Gasteiger partial charge in [-0.1, -0.05) is 37.6 Å². The van der Waals surface area contributed by atoms with Crippen molar-refractivity contribution < 1.29 is 9.90 Å². The van der Waals surface area contributed by atoms with Crippen molar-refractivity contribution in [3.05, 3.63) is 34.9 Å². The Morgan fingerprint density at radius 2 is 1.94 bits per heavy atom. The molecule has 0 aliphatic rings. The van der Waals surface area contributed by atoms with Crippen LogP contribution >= 0.6 is 11.6 Å². The molecule has 94 valence electrons. The molecule has 1 rings (SSSR count). The van der Waals surface area contributed by atoms with Crippen LogP contribution in [0.3, 0.4) is 0 Å². The van der Waals surface area contributed by atoms with Gasteiger partial charge in [0, 0.05) is 5.02 Å². The second-order valence-electron chi connectivity index (χ2n) is 4.39. The fourth-order valence-electron chi connectivity index (χ4n) is 1.63. The average Bonchev–Trinajstić information content (AvgIpc) is 2.25. The zero-order valence-corrected chi connectivity index (χ0v) is 10.9. The predicted octanol–water partition coefficient (Wildman–Crippen LogP) is 2.58. The van der Waals surface area contributed by atoms with Crippen LogP contribution in [-0.4, -0.2) is 23.7 Å². The van der Waals surface area contributed by atoms with Crippen LogP contribution in [0, 0.1) is 5.92 Å². The van der Waals surface area contributed by atoms with Gasteiger partial charge < -0.3 is 10.4 Å². The van der Waals surface area contributed by atoms with Gasteiger partial charge in [0.1, 0.15) is 6.04 Å². The minimum atomic E-state index is -0.795. The highest BCUT2D eigenvalue weighted by Gasteiger charge is 2.19. The molecule has 1 atom stereocenters. The van der Waals surface area contributed by atoms with Crippen LogP contribution in [0.2, 0.25) is 5.02 Å². The molecule has 0 fully saturated rings. The Bertz CT molecular complexity index is 362. The Morgan fingerprint density at radius 1 is 1.35 bits per heavy atom. The molecule has 0 unspecified atom stereocenters. The third-order valence-electron chi connectivity index (χ3n) is 2.62. The summed E-state index contributed by atoms with van der Waals surface area (Å²) < 4.78 is 0. The summed E-state index contributed by atoms with van der Waals surface area (Å²) in [7, 11) is 0. The number of hydrogen-bond acceptors (Lipinski definition) is 2. The smallest absolute Gasteiger partial charge is 0.320 e. The summed E-state index contributed by atoms with van der Waals surface area (Å²) in [5.41, 5.74) is 1.15. The fourth-order valence-corrected chi connectivity index (χ4v) is 1.76. The van der Waals surface area contributed by atoms with E-state index >= 15 is 0 Å². The number of benzene rings is 1. The second kappa shape index (κ2) is 6.62. The normalized spacial score (nSPS) is 12.7. The largest absolute Gasteiger partial charge is 0.480 e. The highest BCUT2D eigenvalue weighted by molar-refractivity contribution is 6.30. The van der Waals surface area contributed by atoms with E-state index in [-0.39, 0.29) is 5.92 Å². The van der Waals surface area contributed by atoms with E-state index in [9.17, 15) is 4.79 Å². The Labute approximate surface area is 107 Å². The molecule has 17 heavy (non-hydrogen) atoms. The molecule has 1 aromatic carbocycles. The maximum atomic E-state index is 10.9. The summed E-state index contributed by atoms with van der Waals surface area (Å²) in [5, 5.41) is 12.8. The SMILES string of the molecule is CC(C)[C@@H](NCCc1ccc(Cl)cc1)C(=O)O. The number of aliphatic carboxylic acids is 1.